The Morgan fingerprint density at radius 1 is 1.31 bits per heavy atom. The third-order valence-electron chi connectivity index (χ3n) is 7.35. The van der Waals surface area contributed by atoms with Crippen LogP contribution in [0.25, 0.3) is 0 Å². The first-order valence-electron chi connectivity index (χ1n) is 11.3. The summed E-state index contributed by atoms with van der Waals surface area (Å²) in [6.45, 7) is 5.43. The number of amides is 3. The molecule has 0 radical (unpaired) electrons. The summed E-state index contributed by atoms with van der Waals surface area (Å²) in [6, 6.07) is 7.94. The van der Waals surface area contributed by atoms with Crippen LogP contribution in [0, 0.1) is 23.2 Å². The molecular weight excluding hydrogens is 410 g/mol. The number of carbonyl (C=O) groups is 4. The van der Waals surface area contributed by atoms with Gasteiger partial charge in [0.1, 0.15) is 18.9 Å². The van der Waals surface area contributed by atoms with Crippen molar-refractivity contribution in [3.8, 4) is 0 Å². The fourth-order valence-electron chi connectivity index (χ4n) is 5.36. The number of rotatable bonds is 7. The van der Waals surface area contributed by atoms with Crippen molar-refractivity contribution in [2.75, 3.05) is 13.1 Å². The number of fused-ring (bicyclic) bond motifs is 1. The molecule has 0 aromatic heterocycles. The van der Waals surface area contributed by atoms with Gasteiger partial charge < -0.3 is 20.2 Å². The second-order valence-corrected chi connectivity index (χ2v) is 9.71. The van der Waals surface area contributed by atoms with Crippen molar-refractivity contribution in [3.63, 3.8) is 0 Å². The molecule has 0 spiro atoms. The summed E-state index contributed by atoms with van der Waals surface area (Å²) in [7, 11) is 0. The Kier molecular flexibility index (Phi) is 6.22. The molecular formula is C24H31N3O5. The smallest absolute Gasteiger partial charge is 0.410 e. The third kappa shape index (κ3) is 4.36. The van der Waals surface area contributed by atoms with Crippen LogP contribution in [-0.2, 0) is 25.7 Å². The number of nitrogens with one attached hydrogen (secondary N) is 2. The maximum absolute atomic E-state index is 13.2. The minimum absolute atomic E-state index is 0.0251. The van der Waals surface area contributed by atoms with Crippen molar-refractivity contribution >= 4 is 24.2 Å². The zero-order chi connectivity index (χ0) is 22.9. The van der Waals surface area contributed by atoms with E-state index >= 15 is 0 Å². The number of nitrogens with zero attached hydrogens (tertiary/aromatic N) is 1. The van der Waals surface area contributed by atoms with Crippen molar-refractivity contribution in [1.29, 1.82) is 0 Å². The van der Waals surface area contributed by atoms with Crippen LogP contribution in [0.5, 0.6) is 0 Å². The SMILES string of the molecule is CC1(C)[C@@H]2[C@@H](C(=O)N[C@H](C=O)C[C@@H]3CCCNC3=O)N(C(=O)OCc3ccccc3)C[C@@H]21. The zero-order valence-corrected chi connectivity index (χ0v) is 18.6. The molecule has 3 amide bonds. The van der Waals surface area contributed by atoms with Crippen LogP contribution in [0.2, 0.25) is 0 Å². The van der Waals surface area contributed by atoms with Crippen LogP contribution in [0.4, 0.5) is 4.79 Å². The molecule has 4 rings (SSSR count). The Hall–Kier alpha value is -2.90. The van der Waals surface area contributed by atoms with Gasteiger partial charge in [-0.2, -0.15) is 0 Å². The van der Waals surface area contributed by atoms with Crippen molar-refractivity contribution < 1.29 is 23.9 Å². The van der Waals surface area contributed by atoms with Gasteiger partial charge in [-0.25, -0.2) is 4.79 Å². The highest BCUT2D eigenvalue weighted by Gasteiger charge is 2.69. The fraction of sp³-hybridized carbons (Fsp3) is 0.583. The van der Waals surface area contributed by atoms with Crippen LogP contribution >= 0.6 is 0 Å². The molecule has 1 aromatic carbocycles. The minimum Gasteiger partial charge on any atom is -0.445 e. The molecule has 1 aliphatic carbocycles. The summed E-state index contributed by atoms with van der Waals surface area (Å²) in [5, 5.41) is 5.60. The Bertz CT molecular complexity index is 887. The lowest BCUT2D eigenvalue weighted by Crippen LogP contribution is -2.53. The average molecular weight is 442 g/mol. The van der Waals surface area contributed by atoms with E-state index in [4.69, 9.17) is 4.74 Å². The van der Waals surface area contributed by atoms with Gasteiger partial charge in [-0.1, -0.05) is 44.2 Å². The van der Waals surface area contributed by atoms with E-state index < -0.39 is 18.2 Å². The largest absolute Gasteiger partial charge is 0.445 e. The van der Waals surface area contributed by atoms with Gasteiger partial charge in [-0.15, -0.1) is 0 Å². The molecule has 2 N–H and O–H groups in total. The van der Waals surface area contributed by atoms with Gasteiger partial charge in [0.15, 0.2) is 0 Å². The highest BCUT2D eigenvalue weighted by atomic mass is 16.6. The molecule has 0 unspecified atom stereocenters. The number of carbonyl (C=O) groups excluding carboxylic acids is 4. The maximum atomic E-state index is 13.2. The van der Waals surface area contributed by atoms with Crippen LogP contribution < -0.4 is 10.6 Å². The highest BCUT2D eigenvalue weighted by Crippen LogP contribution is 2.64. The Morgan fingerprint density at radius 3 is 2.75 bits per heavy atom. The molecule has 5 atom stereocenters. The van der Waals surface area contributed by atoms with E-state index in [0.29, 0.717) is 25.8 Å². The number of ether oxygens (including phenoxy) is 1. The summed E-state index contributed by atoms with van der Waals surface area (Å²) in [6.07, 6.45) is 1.99. The van der Waals surface area contributed by atoms with Crippen molar-refractivity contribution in [3.05, 3.63) is 35.9 Å². The fourth-order valence-corrected chi connectivity index (χ4v) is 5.36. The monoisotopic (exact) mass is 441 g/mol. The Labute approximate surface area is 188 Å². The topological polar surface area (TPSA) is 105 Å². The number of benzene rings is 1. The predicted octanol–water partition coefficient (Wildman–Crippen LogP) is 1.88. The van der Waals surface area contributed by atoms with Crippen LogP contribution in [0.3, 0.4) is 0 Å². The summed E-state index contributed by atoms with van der Waals surface area (Å²) < 4.78 is 5.48. The Morgan fingerprint density at radius 2 is 2.06 bits per heavy atom. The molecule has 1 aromatic rings. The van der Waals surface area contributed by atoms with E-state index in [0.717, 1.165) is 12.0 Å². The van der Waals surface area contributed by atoms with E-state index in [1.807, 2.05) is 30.3 Å². The zero-order valence-electron chi connectivity index (χ0n) is 18.6. The minimum atomic E-state index is -0.764. The van der Waals surface area contributed by atoms with Gasteiger partial charge in [0, 0.05) is 19.0 Å². The van der Waals surface area contributed by atoms with Gasteiger partial charge in [0.25, 0.3) is 0 Å². The highest BCUT2D eigenvalue weighted by molar-refractivity contribution is 5.89. The lowest BCUT2D eigenvalue weighted by Gasteiger charge is -2.30. The number of hydrogen-bond donors (Lipinski definition) is 2. The summed E-state index contributed by atoms with van der Waals surface area (Å²) in [5.41, 5.74) is 0.830. The molecule has 2 heterocycles. The first-order chi connectivity index (χ1) is 15.3. The Balaban J connectivity index is 1.41. The molecule has 2 saturated heterocycles. The van der Waals surface area contributed by atoms with Gasteiger partial charge in [-0.3, -0.25) is 14.5 Å². The quantitative estimate of drug-likeness (QED) is 0.629. The van der Waals surface area contributed by atoms with Gasteiger partial charge >= 0.3 is 6.09 Å². The van der Waals surface area contributed by atoms with Gasteiger partial charge in [0.05, 0.1) is 6.04 Å². The van der Waals surface area contributed by atoms with E-state index in [1.165, 1.54) is 4.90 Å². The van der Waals surface area contributed by atoms with Crippen molar-refractivity contribution in [2.45, 2.75) is 51.8 Å². The first-order valence-corrected chi connectivity index (χ1v) is 11.3. The van der Waals surface area contributed by atoms with Crippen LogP contribution in [0.15, 0.2) is 30.3 Å². The normalized spacial score (nSPS) is 28.8. The first kappa shape index (κ1) is 22.3. The molecule has 32 heavy (non-hydrogen) atoms. The van der Waals surface area contributed by atoms with E-state index in [-0.39, 0.29) is 48.0 Å². The second kappa shape index (κ2) is 8.92. The molecule has 172 valence electrons. The number of hydrogen-bond acceptors (Lipinski definition) is 5. The average Bonchev–Trinajstić information content (AvgIpc) is 3.13. The van der Waals surface area contributed by atoms with Gasteiger partial charge in [-0.05, 0) is 42.1 Å². The summed E-state index contributed by atoms with van der Waals surface area (Å²) in [5.74, 6) is -0.473. The lowest BCUT2D eigenvalue weighted by molar-refractivity contribution is -0.131. The molecule has 0 bridgehead atoms. The van der Waals surface area contributed by atoms with Crippen LogP contribution in [0.1, 0.15) is 38.7 Å². The number of likely N-dealkylation sites (tertiary alicyclic amines) is 1. The van der Waals surface area contributed by atoms with E-state index in [2.05, 4.69) is 24.5 Å². The maximum Gasteiger partial charge on any atom is 0.410 e. The standard InChI is InChI=1S/C24H31N3O5/c1-24(2)18-12-27(23(31)32-14-15-7-4-3-5-8-15)20(19(18)24)22(30)26-17(13-28)11-16-9-6-10-25-21(16)29/h3-5,7-8,13,16-20H,6,9-12,14H2,1-2H3,(H,25,29)(H,26,30)/t16-,17-,18-,19-,20-/m0/s1. The molecule has 8 nitrogen and oxygen atoms in total. The van der Waals surface area contributed by atoms with Crippen molar-refractivity contribution in [1.82, 2.24) is 15.5 Å². The number of aldehydes is 1. The summed E-state index contributed by atoms with van der Waals surface area (Å²) >= 11 is 0. The lowest BCUT2D eigenvalue weighted by atomic mass is 9.91. The second-order valence-electron chi connectivity index (χ2n) is 9.71. The molecule has 3 aliphatic rings. The molecule has 3 fully saturated rings. The van der Waals surface area contributed by atoms with Crippen LogP contribution in [-0.4, -0.2) is 54.3 Å². The van der Waals surface area contributed by atoms with E-state index in [1.54, 1.807) is 0 Å². The molecule has 1 saturated carbocycles. The van der Waals surface area contributed by atoms with Crippen molar-refractivity contribution in [2.24, 2.45) is 23.2 Å². The molecule has 2 aliphatic heterocycles. The van der Waals surface area contributed by atoms with E-state index in [9.17, 15) is 19.2 Å². The summed E-state index contributed by atoms with van der Waals surface area (Å²) in [4.78, 5) is 51.3. The third-order valence-corrected chi connectivity index (χ3v) is 7.35. The number of piperidine rings is 2. The molecule has 8 heteroatoms. The van der Waals surface area contributed by atoms with Gasteiger partial charge in [0.2, 0.25) is 11.8 Å². The predicted molar refractivity (Wildman–Crippen MR) is 116 cm³/mol.